The van der Waals surface area contributed by atoms with E-state index < -0.39 is 5.92 Å². The minimum atomic E-state index is -0.495. The summed E-state index contributed by atoms with van der Waals surface area (Å²) in [6.07, 6.45) is 2.10. The van der Waals surface area contributed by atoms with Crippen LogP contribution >= 0.6 is 0 Å². The van der Waals surface area contributed by atoms with Crippen LogP contribution < -0.4 is 10.1 Å². The number of aryl methyl sites for hydroxylation is 1. The molecule has 0 radical (unpaired) electrons. The zero-order valence-corrected chi connectivity index (χ0v) is 22.8. The normalized spacial score (nSPS) is 20.4. The Morgan fingerprint density at radius 1 is 0.895 bits per heavy atom. The zero-order valence-electron chi connectivity index (χ0n) is 22.8. The number of amides is 1. The second-order valence-corrected chi connectivity index (χ2v) is 12.4. The third kappa shape index (κ3) is 5.31. The molecule has 38 heavy (non-hydrogen) atoms. The first-order valence-corrected chi connectivity index (χ1v) is 13.2. The third-order valence-electron chi connectivity index (χ3n) is 7.48. The topological polar surface area (TPSA) is 81.7 Å². The molecule has 3 aliphatic rings. The van der Waals surface area contributed by atoms with Gasteiger partial charge in [-0.25, -0.2) is 0 Å². The molecule has 0 atom stereocenters. The molecule has 0 spiro atoms. The fourth-order valence-electron chi connectivity index (χ4n) is 5.77. The standard InChI is InChI=1S/C32H35NO5/c1-19-9-11-21(12-10-19)33-27(36)18-37-22-8-6-7-20(13-22)28-29-23(34)14-31(2,3)16-25(29)38-26-17-32(4,5)15-24(35)30(26)28/h6-13,28H,14-18H2,1-5H3,(H,33,36). The Kier molecular flexibility index (Phi) is 6.54. The van der Waals surface area contributed by atoms with Gasteiger partial charge in [0.15, 0.2) is 18.2 Å². The van der Waals surface area contributed by atoms with Gasteiger partial charge in [-0.15, -0.1) is 0 Å². The Hall–Kier alpha value is -3.67. The number of Topliss-reactive ketones (excluding diaryl/α,β-unsaturated/α-hetero) is 2. The molecule has 2 aromatic carbocycles. The smallest absolute Gasteiger partial charge is 0.262 e. The van der Waals surface area contributed by atoms with Crippen molar-refractivity contribution in [2.75, 3.05) is 11.9 Å². The van der Waals surface area contributed by atoms with Crippen LogP contribution in [-0.4, -0.2) is 24.1 Å². The van der Waals surface area contributed by atoms with Gasteiger partial charge in [0.2, 0.25) is 0 Å². The lowest BCUT2D eigenvalue weighted by Crippen LogP contribution is -2.37. The summed E-state index contributed by atoms with van der Waals surface area (Å²) in [5, 5.41) is 2.83. The van der Waals surface area contributed by atoms with Crippen LogP contribution in [0.4, 0.5) is 5.69 Å². The Morgan fingerprint density at radius 2 is 1.47 bits per heavy atom. The summed E-state index contributed by atoms with van der Waals surface area (Å²) in [6, 6.07) is 14.9. The molecule has 0 aromatic heterocycles. The Balaban J connectivity index is 1.44. The van der Waals surface area contributed by atoms with E-state index in [1.807, 2.05) is 49.4 Å². The number of allylic oxidation sites excluding steroid dienone is 4. The van der Waals surface area contributed by atoms with Crippen molar-refractivity contribution in [1.82, 2.24) is 0 Å². The van der Waals surface area contributed by atoms with Crippen LogP contribution in [-0.2, 0) is 19.1 Å². The maximum atomic E-state index is 13.5. The van der Waals surface area contributed by atoms with E-state index in [0.29, 0.717) is 59.8 Å². The number of hydrogen-bond donors (Lipinski definition) is 1. The highest BCUT2D eigenvalue weighted by Crippen LogP contribution is 2.53. The Bertz CT molecular complexity index is 1320. The van der Waals surface area contributed by atoms with Crippen molar-refractivity contribution in [2.45, 2.75) is 66.2 Å². The van der Waals surface area contributed by atoms with Crippen molar-refractivity contribution in [2.24, 2.45) is 10.8 Å². The van der Waals surface area contributed by atoms with Crippen LogP contribution in [0.1, 0.15) is 70.4 Å². The summed E-state index contributed by atoms with van der Waals surface area (Å²) in [5.41, 5.74) is 3.38. The summed E-state index contributed by atoms with van der Waals surface area (Å²) in [4.78, 5) is 39.4. The molecule has 1 N–H and O–H groups in total. The number of carbonyl (C=O) groups excluding carboxylic acids is 3. The molecule has 0 bridgehead atoms. The minimum absolute atomic E-state index is 0.0224. The molecule has 6 nitrogen and oxygen atoms in total. The van der Waals surface area contributed by atoms with E-state index in [1.165, 1.54) is 0 Å². The lowest BCUT2D eigenvalue weighted by Gasteiger charge is -2.42. The number of ketones is 2. The third-order valence-corrected chi connectivity index (χ3v) is 7.48. The number of anilines is 1. The first kappa shape index (κ1) is 26.0. The maximum absolute atomic E-state index is 13.5. The van der Waals surface area contributed by atoms with Gasteiger partial charge in [0.1, 0.15) is 17.3 Å². The quantitative estimate of drug-likeness (QED) is 0.499. The maximum Gasteiger partial charge on any atom is 0.262 e. The fraction of sp³-hybridized carbons (Fsp3) is 0.406. The van der Waals surface area contributed by atoms with Crippen LogP contribution in [0.5, 0.6) is 5.75 Å². The van der Waals surface area contributed by atoms with Gasteiger partial charge >= 0.3 is 0 Å². The highest BCUT2D eigenvalue weighted by molar-refractivity contribution is 6.06. The van der Waals surface area contributed by atoms with Crippen molar-refractivity contribution in [3.8, 4) is 5.75 Å². The molecule has 2 aliphatic carbocycles. The van der Waals surface area contributed by atoms with Gasteiger partial charge in [0.05, 0.1) is 0 Å². The van der Waals surface area contributed by atoms with Crippen LogP contribution in [0, 0.1) is 17.8 Å². The van der Waals surface area contributed by atoms with E-state index in [4.69, 9.17) is 9.47 Å². The first-order chi connectivity index (χ1) is 17.9. The van der Waals surface area contributed by atoms with Gasteiger partial charge in [-0.05, 0) is 47.6 Å². The van der Waals surface area contributed by atoms with Gasteiger partial charge in [-0.3, -0.25) is 14.4 Å². The van der Waals surface area contributed by atoms with Crippen LogP contribution in [0.3, 0.4) is 0 Å². The lowest BCUT2D eigenvalue weighted by molar-refractivity contribution is -0.120. The van der Waals surface area contributed by atoms with Crippen LogP contribution in [0.15, 0.2) is 71.2 Å². The lowest BCUT2D eigenvalue weighted by atomic mass is 9.65. The Morgan fingerprint density at radius 3 is 2.05 bits per heavy atom. The largest absolute Gasteiger partial charge is 0.484 e. The zero-order chi connectivity index (χ0) is 27.2. The van der Waals surface area contributed by atoms with Crippen molar-refractivity contribution in [3.05, 3.63) is 82.3 Å². The fourth-order valence-corrected chi connectivity index (χ4v) is 5.77. The predicted octanol–water partition coefficient (Wildman–Crippen LogP) is 6.41. The van der Waals surface area contributed by atoms with E-state index in [2.05, 4.69) is 33.0 Å². The summed E-state index contributed by atoms with van der Waals surface area (Å²) >= 11 is 0. The van der Waals surface area contributed by atoms with E-state index in [-0.39, 0.29) is 34.9 Å². The molecule has 0 saturated heterocycles. The van der Waals surface area contributed by atoms with Gasteiger partial charge in [-0.2, -0.15) is 0 Å². The average molecular weight is 514 g/mol. The van der Waals surface area contributed by atoms with E-state index in [9.17, 15) is 14.4 Å². The number of rotatable bonds is 5. The summed E-state index contributed by atoms with van der Waals surface area (Å²) < 4.78 is 12.2. The molecule has 0 unspecified atom stereocenters. The van der Waals surface area contributed by atoms with Gasteiger partial charge in [0.25, 0.3) is 5.91 Å². The highest BCUT2D eigenvalue weighted by atomic mass is 16.5. The molecular weight excluding hydrogens is 478 g/mol. The van der Waals surface area contributed by atoms with Crippen molar-refractivity contribution in [3.63, 3.8) is 0 Å². The first-order valence-electron chi connectivity index (χ1n) is 13.2. The second-order valence-electron chi connectivity index (χ2n) is 12.4. The summed E-state index contributed by atoms with van der Waals surface area (Å²) in [5.74, 6) is 1.15. The average Bonchev–Trinajstić information content (AvgIpc) is 2.81. The molecule has 0 fully saturated rings. The molecule has 6 heteroatoms. The van der Waals surface area contributed by atoms with Crippen LogP contribution in [0.25, 0.3) is 0 Å². The molecule has 0 saturated carbocycles. The van der Waals surface area contributed by atoms with E-state index >= 15 is 0 Å². The molecular formula is C32H35NO5. The molecule has 2 aromatic rings. The van der Waals surface area contributed by atoms with Crippen molar-refractivity contribution >= 4 is 23.2 Å². The number of ether oxygens (including phenoxy) is 2. The molecule has 1 amide bonds. The van der Waals surface area contributed by atoms with Gasteiger partial charge in [-0.1, -0.05) is 57.5 Å². The highest BCUT2D eigenvalue weighted by Gasteiger charge is 2.47. The van der Waals surface area contributed by atoms with Crippen molar-refractivity contribution < 1.29 is 23.9 Å². The number of hydrogen-bond acceptors (Lipinski definition) is 5. The van der Waals surface area contributed by atoms with E-state index in [1.54, 1.807) is 6.07 Å². The van der Waals surface area contributed by atoms with Gasteiger partial charge < -0.3 is 14.8 Å². The molecule has 1 heterocycles. The molecule has 198 valence electrons. The summed E-state index contributed by atoms with van der Waals surface area (Å²) in [6.45, 7) is 10.1. The second kappa shape index (κ2) is 9.57. The number of carbonyl (C=O) groups is 3. The molecule has 1 aliphatic heterocycles. The van der Waals surface area contributed by atoms with Gasteiger partial charge in [0, 0.05) is 48.4 Å². The predicted molar refractivity (Wildman–Crippen MR) is 146 cm³/mol. The Labute approximate surface area is 224 Å². The summed E-state index contributed by atoms with van der Waals surface area (Å²) in [7, 11) is 0. The monoisotopic (exact) mass is 513 g/mol. The number of benzene rings is 2. The minimum Gasteiger partial charge on any atom is -0.484 e. The van der Waals surface area contributed by atoms with E-state index in [0.717, 1.165) is 11.1 Å². The van der Waals surface area contributed by atoms with Crippen molar-refractivity contribution in [1.29, 1.82) is 0 Å². The number of nitrogens with one attached hydrogen (secondary N) is 1. The van der Waals surface area contributed by atoms with Crippen LogP contribution in [0.2, 0.25) is 0 Å². The SMILES string of the molecule is Cc1ccc(NC(=O)COc2cccc(C3C4=C(CC(C)(C)CC4=O)OC4=C3C(=O)CC(C)(C)C4)c2)cc1. The molecule has 5 rings (SSSR count).